The van der Waals surface area contributed by atoms with E-state index in [1.165, 1.54) is 6.21 Å². The van der Waals surface area contributed by atoms with Crippen LogP contribution >= 0.6 is 11.6 Å². The average molecular weight is 347 g/mol. The van der Waals surface area contributed by atoms with Gasteiger partial charge in [-0.3, -0.25) is 4.79 Å². The maximum atomic E-state index is 12.0. The van der Waals surface area contributed by atoms with Gasteiger partial charge in [0, 0.05) is 22.2 Å². The third-order valence-corrected chi connectivity index (χ3v) is 3.29. The predicted molar refractivity (Wildman–Crippen MR) is 95.3 cm³/mol. The molecule has 1 N–H and O–H groups in total. The van der Waals surface area contributed by atoms with Crippen molar-refractivity contribution in [3.05, 3.63) is 58.6 Å². The summed E-state index contributed by atoms with van der Waals surface area (Å²) in [6.07, 6.45) is 1.53. The summed E-state index contributed by atoms with van der Waals surface area (Å²) in [5.74, 6) is 1.03. The zero-order valence-electron chi connectivity index (χ0n) is 13.6. The number of carbonyl (C=O) groups excluding carboxylic acids is 1. The molecule has 0 spiro atoms. The van der Waals surface area contributed by atoms with Crippen LogP contribution in [0.1, 0.15) is 29.8 Å². The summed E-state index contributed by atoms with van der Waals surface area (Å²) in [6.45, 7) is 4.91. The van der Waals surface area contributed by atoms with E-state index in [1.807, 2.05) is 26.0 Å². The number of carbonyl (C=O) groups is 1. The van der Waals surface area contributed by atoms with Gasteiger partial charge in [-0.2, -0.15) is 5.10 Å². The van der Waals surface area contributed by atoms with Crippen molar-refractivity contribution >= 4 is 23.7 Å². The van der Waals surface area contributed by atoms with Crippen LogP contribution in [0.5, 0.6) is 11.5 Å². The monoisotopic (exact) mass is 346 g/mol. The van der Waals surface area contributed by atoms with Crippen molar-refractivity contribution in [2.45, 2.75) is 13.8 Å². The first-order valence-corrected chi connectivity index (χ1v) is 8.00. The molecular formula is C18H19ClN2O3. The summed E-state index contributed by atoms with van der Waals surface area (Å²) in [5, 5.41) is 4.47. The molecule has 2 aromatic rings. The first-order valence-electron chi connectivity index (χ1n) is 7.62. The van der Waals surface area contributed by atoms with Gasteiger partial charge in [-0.1, -0.05) is 17.7 Å². The molecule has 0 aliphatic carbocycles. The molecule has 0 saturated carbocycles. The first kappa shape index (κ1) is 17.8. The van der Waals surface area contributed by atoms with E-state index in [-0.39, 0.29) is 5.91 Å². The van der Waals surface area contributed by atoms with E-state index >= 15 is 0 Å². The van der Waals surface area contributed by atoms with Gasteiger partial charge in [0.2, 0.25) is 0 Å². The third-order valence-electron chi connectivity index (χ3n) is 3.05. The summed E-state index contributed by atoms with van der Waals surface area (Å²) in [4.78, 5) is 12.0. The van der Waals surface area contributed by atoms with Crippen LogP contribution in [0.15, 0.2) is 47.6 Å². The second-order valence-corrected chi connectivity index (χ2v) is 5.21. The predicted octanol–water partition coefficient (Wildman–Crippen LogP) is 3.90. The Morgan fingerprint density at radius 1 is 1.17 bits per heavy atom. The van der Waals surface area contributed by atoms with E-state index in [9.17, 15) is 4.79 Å². The highest BCUT2D eigenvalue weighted by Crippen LogP contribution is 2.24. The van der Waals surface area contributed by atoms with Crippen LogP contribution in [0.4, 0.5) is 0 Å². The van der Waals surface area contributed by atoms with Gasteiger partial charge >= 0.3 is 0 Å². The zero-order chi connectivity index (χ0) is 17.4. The molecule has 0 bridgehead atoms. The third kappa shape index (κ3) is 4.99. The number of hydrogen-bond donors (Lipinski definition) is 1. The minimum absolute atomic E-state index is 0.336. The number of hydrazone groups is 1. The minimum atomic E-state index is -0.336. The highest BCUT2D eigenvalue weighted by Gasteiger charge is 2.06. The van der Waals surface area contributed by atoms with Gasteiger partial charge in [0.05, 0.1) is 19.4 Å². The summed E-state index contributed by atoms with van der Waals surface area (Å²) >= 11 is 5.87. The number of benzene rings is 2. The Morgan fingerprint density at radius 3 is 2.67 bits per heavy atom. The Morgan fingerprint density at radius 2 is 1.96 bits per heavy atom. The number of rotatable bonds is 7. The van der Waals surface area contributed by atoms with E-state index in [1.54, 1.807) is 30.3 Å². The molecule has 0 aliphatic rings. The fraction of sp³-hybridized carbons (Fsp3) is 0.222. The molecule has 0 aliphatic heterocycles. The lowest BCUT2D eigenvalue weighted by Crippen LogP contribution is -2.17. The van der Waals surface area contributed by atoms with Crippen molar-refractivity contribution < 1.29 is 14.3 Å². The van der Waals surface area contributed by atoms with Gasteiger partial charge in [-0.05, 0) is 44.2 Å². The maximum absolute atomic E-state index is 12.0. The Labute approximate surface area is 146 Å². The molecule has 2 aromatic carbocycles. The second kappa shape index (κ2) is 8.93. The highest BCUT2D eigenvalue weighted by atomic mass is 35.5. The number of amides is 1. The largest absolute Gasteiger partial charge is 0.494 e. The van der Waals surface area contributed by atoms with E-state index in [2.05, 4.69) is 10.5 Å². The van der Waals surface area contributed by atoms with Gasteiger partial charge < -0.3 is 9.47 Å². The Balaban J connectivity index is 2.09. The average Bonchev–Trinajstić information content (AvgIpc) is 2.57. The summed E-state index contributed by atoms with van der Waals surface area (Å²) < 4.78 is 11.0. The van der Waals surface area contributed by atoms with Crippen LogP contribution in [-0.4, -0.2) is 25.3 Å². The molecule has 0 aromatic heterocycles. The van der Waals surface area contributed by atoms with Crippen LogP contribution in [0, 0.1) is 0 Å². The zero-order valence-corrected chi connectivity index (χ0v) is 14.3. The molecule has 1 amide bonds. The second-order valence-electron chi connectivity index (χ2n) is 4.78. The molecule has 0 fully saturated rings. The van der Waals surface area contributed by atoms with Crippen molar-refractivity contribution in [3.63, 3.8) is 0 Å². The summed E-state index contributed by atoms with van der Waals surface area (Å²) in [6, 6.07) is 12.1. The lowest BCUT2D eigenvalue weighted by atomic mass is 10.2. The highest BCUT2D eigenvalue weighted by molar-refractivity contribution is 6.30. The topological polar surface area (TPSA) is 59.9 Å². The van der Waals surface area contributed by atoms with Gasteiger partial charge in [0.15, 0.2) is 0 Å². The van der Waals surface area contributed by atoms with Gasteiger partial charge in [-0.25, -0.2) is 5.43 Å². The van der Waals surface area contributed by atoms with Crippen molar-refractivity contribution in [1.29, 1.82) is 0 Å². The number of nitrogens with zero attached hydrogens (tertiary/aromatic N) is 1. The quantitative estimate of drug-likeness (QED) is 0.611. The van der Waals surface area contributed by atoms with Crippen LogP contribution in [0.25, 0.3) is 0 Å². The molecule has 24 heavy (non-hydrogen) atoms. The number of halogens is 1. The fourth-order valence-electron chi connectivity index (χ4n) is 2.01. The van der Waals surface area contributed by atoms with Crippen LogP contribution in [0.3, 0.4) is 0 Å². The molecule has 0 atom stereocenters. The van der Waals surface area contributed by atoms with Gasteiger partial charge in [-0.15, -0.1) is 0 Å². The van der Waals surface area contributed by atoms with E-state index in [0.29, 0.717) is 29.5 Å². The maximum Gasteiger partial charge on any atom is 0.271 e. The molecule has 0 radical (unpaired) electrons. The first-order chi connectivity index (χ1) is 11.6. The smallest absolute Gasteiger partial charge is 0.271 e. The summed E-state index contributed by atoms with van der Waals surface area (Å²) in [5.41, 5.74) is 3.65. The number of ether oxygens (including phenoxy) is 2. The molecule has 0 unspecified atom stereocenters. The number of hydrogen-bond acceptors (Lipinski definition) is 4. The molecule has 126 valence electrons. The molecule has 0 heterocycles. The molecule has 2 rings (SSSR count). The number of nitrogens with one attached hydrogen (secondary N) is 1. The van der Waals surface area contributed by atoms with Crippen molar-refractivity contribution in [2.75, 3.05) is 13.2 Å². The molecule has 0 saturated heterocycles. The van der Waals surface area contributed by atoms with E-state index in [0.717, 1.165) is 11.3 Å². The van der Waals surface area contributed by atoms with Crippen LogP contribution in [0.2, 0.25) is 5.02 Å². The van der Waals surface area contributed by atoms with Gasteiger partial charge in [0.1, 0.15) is 11.5 Å². The summed E-state index contributed by atoms with van der Waals surface area (Å²) in [7, 11) is 0. The lowest BCUT2D eigenvalue weighted by molar-refractivity contribution is 0.0955. The Kier molecular flexibility index (Phi) is 6.63. The Hall–Kier alpha value is -2.53. The van der Waals surface area contributed by atoms with E-state index in [4.69, 9.17) is 21.1 Å². The van der Waals surface area contributed by atoms with Gasteiger partial charge in [0.25, 0.3) is 5.91 Å². The van der Waals surface area contributed by atoms with Crippen molar-refractivity contribution in [3.8, 4) is 11.5 Å². The normalized spacial score (nSPS) is 10.6. The van der Waals surface area contributed by atoms with Crippen LogP contribution < -0.4 is 14.9 Å². The lowest BCUT2D eigenvalue weighted by Gasteiger charge is -2.10. The molecule has 5 nitrogen and oxygen atoms in total. The fourth-order valence-corrected chi connectivity index (χ4v) is 2.20. The molecular weight excluding hydrogens is 328 g/mol. The van der Waals surface area contributed by atoms with Crippen LogP contribution in [-0.2, 0) is 0 Å². The Bertz CT molecular complexity index is 732. The minimum Gasteiger partial charge on any atom is -0.494 e. The standard InChI is InChI=1S/C18H19ClN2O3/c1-3-23-16-9-8-14(17(11-16)24-4-2)12-20-21-18(22)13-6-5-7-15(19)10-13/h5-12H,3-4H2,1-2H3,(H,21,22)/b20-12+. The van der Waals surface area contributed by atoms with E-state index < -0.39 is 0 Å². The SMILES string of the molecule is CCOc1ccc(/C=N/NC(=O)c2cccc(Cl)c2)c(OCC)c1. The van der Waals surface area contributed by atoms with Crippen molar-refractivity contribution in [2.24, 2.45) is 5.10 Å². The van der Waals surface area contributed by atoms with Crippen molar-refractivity contribution in [1.82, 2.24) is 5.43 Å². The molecule has 6 heteroatoms.